The number of ether oxygens (including phenoxy) is 1. The molecule has 0 amide bonds. The third-order valence-electron chi connectivity index (χ3n) is 3.33. The number of unbranched alkanes of at least 4 members (excludes halogenated alkanes) is 1. The van der Waals surface area contributed by atoms with E-state index in [1.54, 1.807) is 6.07 Å². The lowest BCUT2D eigenvalue weighted by atomic mass is 10.1. The van der Waals surface area contributed by atoms with Crippen molar-refractivity contribution in [2.75, 3.05) is 13.2 Å². The van der Waals surface area contributed by atoms with Crippen molar-refractivity contribution < 1.29 is 19.4 Å². The van der Waals surface area contributed by atoms with Crippen molar-refractivity contribution in [1.29, 1.82) is 0 Å². The van der Waals surface area contributed by atoms with Crippen LogP contribution in [-0.2, 0) is 0 Å². The molecule has 21 heavy (non-hydrogen) atoms. The van der Waals surface area contributed by atoms with Crippen LogP contribution in [0.1, 0.15) is 24.8 Å². The normalized spacial score (nSPS) is 12.5. The third-order valence-corrected chi connectivity index (χ3v) is 3.33. The standard InChI is InChI=1S/C16H20O5/c1-11-8-16(19)21-15-9-13(5-6-14(11)15)20-7-3-2-4-12(18)10-17/h5-6,8-9,12,17-18H,2-4,7,10H2,1H3. The molecular formula is C16H20O5. The molecule has 0 spiro atoms. The highest BCUT2D eigenvalue weighted by atomic mass is 16.5. The Balaban J connectivity index is 1.92. The summed E-state index contributed by atoms with van der Waals surface area (Å²) < 4.78 is 10.8. The van der Waals surface area contributed by atoms with Crippen LogP contribution >= 0.6 is 0 Å². The van der Waals surface area contributed by atoms with Crippen LogP contribution in [0.2, 0.25) is 0 Å². The van der Waals surface area contributed by atoms with Gasteiger partial charge in [-0.3, -0.25) is 0 Å². The van der Waals surface area contributed by atoms with Gasteiger partial charge in [-0.1, -0.05) is 0 Å². The Morgan fingerprint density at radius 2 is 2.10 bits per heavy atom. The fourth-order valence-corrected chi connectivity index (χ4v) is 2.16. The van der Waals surface area contributed by atoms with Crippen LogP contribution in [-0.4, -0.2) is 29.5 Å². The number of aliphatic hydroxyl groups is 2. The molecule has 1 heterocycles. The van der Waals surface area contributed by atoms with Gasteiger partial charge in [0, 0.05) is 17.5 Å². The summed E-state index contributed by atoms with van der Waals surface area (Å²) in [6.07, 6.45) is 1.48. The largest absolute Gasteiger partial charge is 0.493 e. The van der Waals surface area contributed by atoms with Gasteiger partial charge in [-0.15, -0.1) is 0 Å². The van der Waals surface area contributed by atoms with Crippen LogP contribution in [0.3, 0.4) is 0 Å². The second-order valence-corrected chi connectivity index (χ2v) is 5.09. The van der Waals surface area contributed by atoms with Crippen molar-refractivity contribution >= 4 is 11.0 Å². The van der Waals surface area contributed by atoms with Crippen LogP contribution < -0.4 is 10.4 Å². The highest BCUT2D eigenvalue weighted by Gasteiger charge is 2.05. The molecule has 5 heteroatoms. The minimum atomic E-state index is -0.650. The van der Waals surface area contributed by atoms with E-state index in [2.05, 4.69) is 0 Å². The molecule has 114 valence electrons. The molecule has 1 aromatic heterocycles. The predicted molar refractivity (Wildman–Crippen MR) is 79.7 cm³/mol. The first-order valence-corrected chi connectivity index (χ1v) is 7.06. The Morgan fingerprint density at radius 1 is 1.29 bits per heavy atom. The van der Waals surface area contributed by atoms with E-state index in [1.807, 2.05) is 19.1 Å². The third kappa shape index (κ3) is 4.31. The maximum atomic E-state index is 11.4. The molecule has 0 aliphatic rings. The Kier molecular flexibility index (Phi) is 5.36. The summed E-state index contributed by atoms with van der Waals surface area (Å²) in [5.41, 5.74) is 1.04. The Labute approximate surface area is 122 Å². The van der Waals surface area contributed by atoms with E-state index in [0.29, 0.717) is 24.4 Å². The second-order valence-electron chi connectivity index (χ2n) is 5.09. The van der Waals surface area contributed by atoms with Crippen LogP contribution in [0, 0.1) is 6.92 Å². The molecule has 0 aliphatic carbocycles. The lowest BCUT2D eigenvalue weighted by Crippen LogP contribution is -2.11. The van der Waals surface area contributed by atoms with Gasteiger partial charge in [0.1, 0.15) is 11.3 Å². The fraction of sp³-hybridized carbons (Fsp3) is 0.438. The number of rotatable bonds is 7. The molecule has 2 aromatic rings. The van der Waals surface area contributed by atoms with Gasteiger partial charge in [0.25, 0.3) is 0 Å². The van der Waals surface area contributed by atoms with E-state index in [9.17, 15) is 9.90 Å². The highest BCUT2D eigenvalue weighted by molar-refractivity contribution is 5.81. The lowest BCUT2D eigenvalue weighted by molar-refractivity contribution is 0.0851. The van der Waals surface area contributed by atoms with Crippen LogP contribution in [0.25, 0.3) is 11.0 Å². The number of aryl methyl sites for hydroxylation is 1. The van der Waals surface area contributed by atoms with Crippen molar-refractivity contribution in [3.05, 3.63) is 40.2 Å². The SMILES string of the molecule is Cc1cc(=O)oc2cc(OCCCCC(O)CO)ccc12. The predicted octanol–water partition coefficient (Wildman–Crippen LogP) is 2.00. The molecule has 2 N–H and O–H groups in total. The van der Waals surface area contributed by atoms with Gasteiger partial charge in [0.2, 0.25) is 0 Å². The average molecular weight is 292 g/mol. The maximum absolute atomic E-state index is 11.4. The van der Waals surface area contributed by atoms with Gasteiger partial charge < -0.3 is 19.4 Å². The van der Waals surface area contributed by atoms with Gasteiger partial charge in [-0.2, -0.15) is 0 Å². The quantitative estimate of drug-likeness (QED) is 0.602. The van der Waals surface area contributed by atoms with Crippen molar-refractivity contribution in [3.8, 4) is 5.75 Å². The monoisotopic (exact) mass is 292 g/mol. The van der Waals surface area contributed by atoms with Gasteiger partial charge >= 0.3 is 5.63 Å². The Bertz CT molecular complexity index is 647. The van der Waals surface area contributed by atoms with Crippen molar-refractivity contribution in [2.24, 2.45) is 0 Å². The summed E-state index contributed by atoms with van der Waals surface area (Å²) in [6, 6.07) is 6.90. The zero-order valence-electron chi connectivity index (χ0n) is 12.0. The molecule has 0 aliphatic heterocycles. The highest BCUT2D eigenvalue weighted by Crippen LogP contribution is 2.22. The van der Waals surface area contributed by atoms with E-state index in [4.69, 9.17) is 14.3 Å². The van der Waals surface area contributed by atoms with Crippen molar-refractivity contribution in [3.63, 3.8) is 0 Å². The summed E-state index contributed by atoms with van der Waals surface area (Å²) in [7, 11) is 0. The Hall–Kier alpha value is -1.85. The summed E-state index contributed by atoms with van der Waals surface area (Å²) >= 11 is 0. The molecule has 0 radical (unpaired) electrons. The van der Waals surface area contributed by atoms with Crippen molar-refractivity contribution in [2.45, 2.75) is 32.3 Å². The summed E-state index contributed by atoms with van der Waals surface area (Å²) in [5, 5.41) is 18.8. The second kappa shape index (κ2) is 7.24. The van der Waals surface area contributed by atoms with Gasteiger partial charge in [-0.25, -0.2) is 4.79 Å². The van der Waals surface area contributed by atoms with Crippen molar-refractivity contribution in [1.82, 2.24) is 0 Å². The molecule has 0 fully saturated rings. The van der Waals surface area contributed by atoms with Gasteiger partial charge in [0.15, 0.2) is 0 Å². The molecular weight excluding hydrogens is 272 g/mol. The minimum absolute atomic E-state index is 0.204. The first-order chi connectivity index (χ1) is 10.1. The number of hydrogen-bond acceptors (Lipinski definition) is 5. The smallest absolute Gasteiger partial charge is 0.336 e. The zero-order chi connectivity index (χ0) is 15.2. The fourth-order valence-electron chi connectivity index (χ4n) is 2.16. The topological polar surface area (TPSA) is 79.9 Å². The molecule has 1 atom stereocenters. The molecule has 1 aromatic carbocycles. The molecule has 2 rings (SSSR count). The number of aliphatic hydroxyl groups excluding tert-OH is 2. The molecule has 0 bridgehead atoms. The minimum Gasteiger partial charge on any atom is -0.493 e. The van der Waals surface area contributed by atoms with E-state index in [0.717, 1.165) is 23.8 Å². The maximum Gasteiger partial charge on any atom is 0.336 e. The molecule has 0 saturated carbocycles. The summed E-state index contributed by atoms with van der Waals surface area (Å²) in [5.74, 6) is 0.652. The van der Waals surface area contributed by atoms with E-state index in [-0.39, 0.29) is 12.2 Å². The summed E-state index contributed by atoms with van der Waals surface area (Å²) in [6.45, 7) is 2.18. The zero-order valence-corrected chi connectivity index (χ0v) is 12.0. The molecule has 0 saturated heterocycles. The van der Waals surface area contributed by atoms with E-state index in [1.165, 1.54) is 6.07 Å². The first-order valence-electron chi connectivity index (χ1n) is 7.06. The van der Waals surface area contributed by atoms with Crippen LogP contribution in [0.15, 0.2) is 33.5 Å². The summed E-state index contributed by atoms with van der Waals surface area (Å²) in [4.78, 5) is 11.4. The van der Waals surface area contributed by atoms with Crippen LogP contribution in [0.4, 0.5) is 0 Å². The average Bonchev–Trinajstić information content (AvgIpc) is 2.46. The van der Waals surface area contributed by atoms with Crippen LogP contribution in [0.5, 0.6) is 5.75 Å². The Morgan fingerprint density at radius 3 is 2.86 bits per heavy atom. The van der Waals surface area contributed by atoms with E-state index >= 15 is 0 Å². The number of fused-ring (bicyclic) bond motifs is 1. The van der Waals surface area contributed by atoms with E-state index < -0.39 is 6.10 Å². The number of benzene rings is 1. The lowest BCUT2D eigenvalue weighted by Gasteiger charge is -2.09. The van der Waals surface area contributed by atoms with Gasteiger partial charge in [-0.05, 0) is 43.9 Å². The number of hydrogen-bond donors (Lipinski definition) is 2. The van der Waals surface area contributed by atoms with Gasteiger partial charge in [0.05, 0.1) is 19.3 Å². The molecule has 5 nitrogen and oxygen atoms in total. The molecule has 1 unspecified atom stereocenters. The first kappa shape index (κ1) is 15.5.